The van der Waals surface area contributed by atoms with Gasteiger partial charge in [0.05, 0.1) is 17.7 Å². The number of benzene rings is 1. The smallest absolute Gasteiger partial charge is 0.305 e. The number of nitro benzene ring substituents is 1. The highest BCUT2D eigenvalue weighted by Gasteiger charge is 2.16. The van der Waals surface area contributed by atoms with Crippen molar-refractivity contribution in [2.75, 3.05) is 25.6 Å². The summed E-state index contributed by atoms with van der Waals surface area (Å²) < 4.78 is 5.24. The Hall–Kier alpha value is -1.63. The maximum atomic E-state index is 11.0. The van der Waals surface area contributed by atoms with Crippen LogP contribution < -0.4 is 4.90 Å². The third-order valence-corrected chi connectivity index (χ3v) is 3.61. The Kier molecular flexibility index (Phi) is 5.94. The normalized spacial score (nSPS) is 10.2. The van der Waals surface area contributed by atoms with Crippen LogP contribution in [0.15, 0.2) is 16.6 Å². The first-order valence-corrected chi connectivity index (χ1v) is 6.88. The SMILES string of the molecule is COC(=O)CCCN(C)c1cc(C)c([N+](=O)[O-])cc1Br. The van der Waals surface area contributed by atoms with Gasteiger partial charge in [0.2, 0.25) is 0 Å². The van der Waals surface area contributed by atoms with E-state index in [0.29, 0.717) is 29.4 Å². The predicted octanol–water partition coefficient (Wildman–Crippen LogP) is 3.06. The molecule has 0 spiro atoms. The zero-order valence-corrected chi connectivity index (χ0v) is 13.3. The summed E-state index contributed by atoms with van der Waals surface area (Å²) in [5, 5.41) is 10.9. The zero-order valence-electron chi connectivity index (χ0n) is 11.7. The number of rotatable bonds is 6. The molecule has 0 bridgehead atoms. The van der Waals surface area contributed by atoms with Gasteiger partial charge in [0, 0.05) is 36.1 Å². The second-order valence-electron chi connectivity index (χ2n) is 4.45. The van der Waals surface area contributed by atoms with Crippen molar-refractivity contribution in [3.05, 3.63) is 32.3 Å². The molecule has 0 heterocycles. The topological polar surface area (TPSA) is 72.7 Å². The van der Waals surface area contributed by atoms with Gasteiger partial charge in [-0.2, -0.15) is 0 Å². The Morgan fingerprint density at radius 2 is 2.15 bits per heavy atom. The quantitative estimate of drug-likeness (QED) is 0.450. The molecule has 6 nitrogen and oxygen atoms in total. The van der Waals surface area contributed by atoms with Crippen LogP contribution in [0.1, 0.15) is 18.4 Å². The molecule has 1 aromatic carbocycles. The lowest BCUT2D eigenvalue weighted by Crippen LogP contribution is -2.20. The van der Waals surface area contributed by atoms with Crippen molar-refractivity contribution in [1.82, 2.24) is 0 Å². The van der Waals surface area contributed by atoms with Gasteiger partial charge in [0.1, 0.15) is 0 Å². The van der Waals surface area contributed by atoms with Crippen LogP contribution in [0, 0.1) is 17.0 Å². The highest BCUT2D eigenvalue weighted by Crippen LogP contribution is 2.32. The van der Waals surface area contributed by atoms with E-state index in [1.807, 2.05) is 11.9 Å². The van der Waals surface area contributed by atoms with E-state index in [1.54, 1.807) is 13.0 Å². The number of hydrogen-bond acceptors (Lipinski definition) is 5. The Bertz CT molecular complexity index is 519. The van der Waals surface area contributed by atoms with Crippen molar-refractivity contribution >= 4 is 33.3 Å². The lowest BCUT2D eigenvalue weighted by atomic mass is 10.1. The van der Waals surface area contributed by atoms with E-state index in [0.717, 1.165) is 5.69 Å². The average molecular weight is 345 g/mol. The number of halogens is 1. The molecule has 0 saturated heterocycles. The van der Waals surface area contributed by atoms with Crippen LogP contribution in [-0.4, -0.2) is 31.6 Å². The second-order valence-corrected chi connectivity index (χ2v) is 5.30. The molecule has 0 radical (unpaired) electrons. The second kappa shape index (κ2) is 7.23. The predicted molar refractivity (Wildman–Crippen MR) is 80.1 cm³/mol. The molecule has 1 aromatic rings. The zero-order chi connectivity index (χ0) is 15.3. The molecule has 0 aromatic heterocycles. The van der Waals surface area contributed by atoms with Crippen LogP contribution in [0.3, 0.4) is 0 Å². The number of carbonyl (C=O) groups is 1. The number of aryl methyl sites for hydroxylation is 1. The standard InChI is InChI=1S/C13H17BrN2O4/c1-9-7-12(10(14)8-11(9)16(18)19)15(2)6-4-5-13(17)20-3/h7-8H,4-6H2,1-3H3. The minimum atomic E-state index is -0.402. The van der Waals surface area contributed by atoms with Crippen molar-refractivity contribution in [2.24, 2.45) is 0 Å². The molecule has 20 heavy (non-hydrogen) atoms. The lowest BCUT2D eigenvalue weighted by molar-refractivity contribution is -0.385. The maximum absolute atomic E-state index is 11.0. The van der Waals surface area contributed by atoms with Gasteiger partial charge in [-0.05, 0) is 35.3 Å². The molecular weight excluding hydrogens is 328 g/mol. The summed E-state index contributed by atoms with van der Waals surface area (Å²) in [6.07, 6.45) is 1.01. The van der Waals surface area contributed by atoms with E-state index in [-0.39, 0.29) is 11.7 Å². The Morgan fingerprint density at radius 3 is 2.70 bits per heavy atom. The van der Waals surface area contributed by atoms with Crippen molar-refractivity contribution in [3.63, 3.8) is 0 Å². The van der Waals surface area contributed by atoms with Gasteiger partial charge in [-0.25, -0.2) is 0 Å². The van der Waals surface area contributed by atoms with E-state index in [1.165, 1.54) is 13.2 Å². The highest BCUT2D eigenvalue weighted by atomic mass is 79.9. The number of nitro groups is 1. The summed E-state index contributed by atoms with van der Waals surface area (Å²) in [4.78, 5) is 23.4. The van der Waals surface area contributed by atoms with Gasteiger partial charge in [-0.1, -0.05) is 0 Å². The molecule has 0 aliphatic heterocycles. The fourth-order valence-corrected chi connectivity index (χ4v) is 2.46. The number of hydrogen-bond donors (Lipinski definition) is 0. The first-order valence-electron chi connectivity index (χ1n) is 6.09. The summed E-state index contributed by atoms with van der Waals surface area (Å²) in [5.74, 6) is -0.239. The highest BCUT2D eigenvalue weighted by molar-refractivity contribution is 9.10. The fraction of sp³-hybridized carbons (Fsp3) is 0.462. The number of esters is 1. The van der Waals surface area contributed by atoms with Crippen LogP contribution in [0.4, 0.5) is 11.4 Å². The molecule has 0 fully saturated rings. The van der Waals surface area contributed by atoms with Gasteiger partial charge >= 0.3 is 5.97 Å². The van der Waals surface area contributed by atoms with Gasteiger partial charge < -0.3 is 9.64 Å². The van der Waals surface area contributed by atoms with E-state index in [9.17, 15) is 14.9 Å². The molecule has 0 aliphatic carbocycles. The molecule has 110 valence electrons. The van der Waals surface area contributed by atoms with E-state index in [4.69, 9.17) is 0 Å². The van der Waals surface area contributed by atoms with Crippen LogP contribution in [0.25, 0.3) is 0 Å². The molecule has 0 atom stereocenters. The molecular formula is C13H17BrN2O4. The molecule has 0 amide bonds. The number of carbonyl (C=O) groups excluding carboxylic acids is 1. The number of nitrogens with zero attached hydrogens (tertiary/aromatic N) is 2. The van der Waals surface area contributed by atoms with Crippen LogP contribution in [0.2, 0.25) is 0 Å². The summed E-state index contributed by atoms with van der Waals surface area (Å²) in [7, 11) is 3.24. The minimum absolute atomic E-state index is 0.0867. The van der Waals surface area contributed by atoms with Gasteiger partial charge in [0.25, 0.3) is 5.69 Å². The fourth-order valence-electron chi connectivity index (χ4n) is 1.83. The average Bonchev–Trinajstić information content (AvgIpc) is 2.40. The Balaban J connectivity index is 2.78. The number of methoxy groups -OCH3 is 1. The summed E-state index contributed by atoms with van der Waals surface area (Å²) >= 11 is 3.35. The van der Waals surface area contributed by atoms with E-state index >= 15 is 0 Å². The minimum Gasteiger partial charge on any atom is -0.469 e. The van der Waals surface area contributed by atoms with Crippen molar-refractivity contribution in [2.45, 2.75) is 19.8 Å². The third-order valence-electron chi connectivity index (χ3n) is 2.98. The van der Waals surface area contributed by atoms with Crippen LogP contribution >= 0.6 is 15.9 Å². The van der Waals surface area contributed by atoms with Gasteiger partial charge in [0.15, 0.2) is 0 Å². The molecule has 7 heteroatoms. The molecule has 1 rings (SSSR count). The van der Waals surface area contributed by atoms with Crippen molar-refractivity contribution in [1.29, 1.82) is 0 Å². The maximum Gasteiger partial charge on any atom is 0.305 e. The van der Waals surface area contributed by atoms with Crippen LogP contribution in [-0.2, 0) is 9.53 Å². The molecule has 0 unspecified atom stereocenters. The Labute approximate surface area is 126 Å². The molecule has 0 saturated carbocycles. The monoisotopic (exact) mass is 344 g/mol. The summed E-state index contributed by atoms with van der Waals surface area (Å²) in [5.41, 5.74) is 1.55. The first-order chi connectivity index (χ1) is 9.36. The van der Waals surface area contributed by atoms with Crippen molar-refractivity contribution < 1.29 is 14.5 Å². The first kappa shape index (κ1) is 16.4. The van der Waals surface area contributed by atoms with E-state index < -0.39 is 4.92 Å². The molecule has 0 N–H and O–H groups in total. The number of anilines is 1. The van der Waals surface area contributed by atoms with E-state index in [2.05, 4.69) is 20.7 Å². The van der Waals surface area contributed by atoms with Gasteiger partial charge in [-0.15, -0.1) is 0 Å². The third kappa shape index (κ3) is 4.19. The summed E-state index contributed by atoms with van der Waals surface area (Å²) in [6, 6.07) is 3.27. The molecule has 0 aliphatic rings. The summed E-state index contributed by atoms with van der Waals surface area (Å²) in [6.45, 7) is 2.36. The van der Waals surface area contributed by atoms with Crippen LogP contribution in [0.5, 0.6) is 0 Å². The lowest BCUT2D eigenvalue weighted by Gasteiger charge is -2.21. The Morgan fingerprint density at radius 1 is 1.50 bits per heavy atom. The largest absolute Gasteiger partial charge is 0.469 e. The van der Waals surface area contributed by atoms with Crippen molar-refractivity contribution in [3.8, 4) is 0 Å². The number of ether oxygens (including phenoxy) is 1. The van der Waals surface area contributed by atoms with Gasteiger partial charge in [-0.3, -0.25) is 14.9 Å².